The van der Waals surface area contributed by atoms with Gasteiger partial charge in [-0.3, -0.25) is 9.78 Å². The van der Waals surface area contributed by atoms with E-state index in [-0.39, 0.29) is 25.4 Å². The van der Waals surface area contributed by atoms with Gasteiger partial charge in [0.1, 0.15) is 5.82 Å². The van der Waals surface area contributed by atoms with Crippen LogP contribution in [0.15, 0.2) is 48.5 Å². The number of aromatic nitrogens is 1. The number of fused-ring (bicyclic) bond motifs is 1. The Labute approximate surface area is 174 Å². The summed E-state index contributed by atoms with van der Waals surface area (Å²) in [6.07, 6.45) is 0.110. The first-order valence-electron chi connectivity index (χ1n) is 9.74. The molecule has 0 saturated carbocycles. The number of hydrogen-bond donors (Lipinski definition) is 1. The van der Waals surface area contributed by atoms with Gasteiger partial charge in [0.2, 0.25) is 5.91 Å². The lowest BCUT2D eigenvalue weighted by Gasteiger charge is -2.25. The topological polar surface area (TPSA) is 85.5 Å². The molecule has 0 aliphatic carbocycles. The van der Waals surface area contributed by atoms with E-state index in [0.717, 1.165) is 16.5 Å². The van der Waals surface area contributed by atoms with Crippen LogP contribution in [0.3, 0.4) is 0 Å². The molecule has 30 heavy (non-hydrogen) atoms. The molecule has 1 amide bonds. The molecule has 0 bridgehead atoms. The van der Waals surface area contributed by atoms with E-state index in [4.69, 9.17) is 15.5 Å². The lowest BCUT2D eigenvalue weighted by molar-refractivity contribution is -0.117. The first-order valence-corrected chi connectivity index (χ1v) is 9.74. The number of rotatable bonds is 8. The Balaban J connectivity index is 2.08. The van der Waals surface area contributed by atoms with Crippen LogP contribution in [0.4, 0.5) is 10.1 Å². The van der Waals surface area contributed by atoms with Gasteiger partial charge < -0.3 is 15.4 Å². The second-order valence-electron chi connectivity index (χ2n) is 6.91. The molecule has 7 heteroatoms. The van der Waals surface area contributed by atoms with E-state index in [1.807, 2.05) is 36.1 Å². The van der Waals surface area contributed by atoms with Crippen molar-refractivity contribution in [2.45, 2.75) is 26.8 Å². The van der Waals surface area contributed by atoms with Crippen LogP contribution in [-0.2, 0) is 16.1 Å². The van der Waals surface area contributed by atoms with Crippen molar-refractivity contribution in [1.82, 2.24) is 4.98 Å². The fraction of sp³-hybridized carbons (Fsp3) is 0.261. The number of nitrogens with two attached hydrogens (primary N) is 1. The summed E-state index contributed by atoms with van der Waals surface area (Å²) in [6, 6.07) is 13.5. The number of nitrogens with zero attached hydrogens (tertiary/aromatic N) is 2. The van der Waals surface area contributed by atoms with Crippen LogP contribution in [0.2, 0.25) is 0 Å². The van der Waals surface area contributed by atoms with Crippen LogP contribution < -0.4 is 10.6 Å². The van der Waals surface area contributed by atoms with E-state index in [9.17, 15) is 14.0 Å². The Morgan fingerprint density at radius 1 is 1.13 bits per heavy atom. The number of para-hydroxylation sites is 1. The predicted molar refractivity (Wildman–Crippen MR) is 114 cm³/mol. The van der Waals surface area contributed by atoms with E-state index < -0.39 is 11.9 Å². The van der Waals surface area contributed by atoms with Crippen molar-refractivity contribution in [3.63, 3.8) is 0 Å². The maximum absolute atomic E-state index is 13.4. The Kier molecular flexibility index (Phi) is 6.61. The molecule has 0 spiro atoms. The van der Waals surface area contributed by atoms with Crippen molar-refractivity contribution in [1.29, 1.82) is 0 Å². The van der Waals surface area contributed by atoms with Crippen LogP contribution in [0.1, 0.15) is 35.0 Å². The molecule has 156 valence electrons. The summed E-state index contributed by atoms with van der Waals surface area (Å²) in [7, 11) is 0. The van der Waals surface area contributed by atoms with E-state index >= 15 is 0 Å². The molecule has 3 rings (SSSR count). The SMILES string of the molecule is CCOC(=O)c1c(CN(CCC(N)=O)c2ccc(F)cc2)nc2ccccc2c1C. The van der Waals surface area contributed by atoms with Gasteiger partial charge in [-0.2, -0.15) is 0 Å². The molecule has 2 aromatic carbocycles. The Morgan fingerprint density at radius 3 is 2.50 bits per heavy atom. The van der Waals surface area contributed by atoms with E-state index in [1.165, 1.54) is 12.1 Å². The number of anilines is 1. The number of hydrogen-bond acceptors (Lipinski definition) is 5. The summed E-state index contributed by atoms with van der Waals surface area (Å²) in [6.45, 7) is 4.40. The summed E-state index contributed by atoms with van der Waals surface area (Å²) in [4.78, 5) is 30.7. The van der Waals surface area contributed by atoms with Crippen LogP contribution in [-0.4, -0.2) is 30.0 Å². The fourth-order valence-corrected chi connectivity index (χ4v) is 3.41. The highest BCUT2D eigenvalue weighted by molar-refractivity contribution is 5.98. The van der Waals surface area contributed by atoms with Crippen LogP contribution in [0, 0.1) is 12.7 Å². The molecule has 0 aliphatic heterocycles. The number of carbonyl (C=O) groups is 2. The number of esters is 1. The Morgan fingerprint density at radius 2 is 1.83 bits per heavy atom. The Bertz CT molecular complexity index is 1070. The van der Waals surface area contributed by atoms with Crippen LogP contribution >= 0.6 is 0 Å². The first kappa shape index (κ1) is 21.2. The second-order valence-corrected chi connectivity index (χ2v) is 6.91. The standard InChI is InChI=1S/C23H24FN3O3/c1-3-30-23(29)22-15(2)18-6-4-5-7-19(18)26-20(22)14-27(13-12-21(25)28)17-10-8-16(24)9-11-17/h4-11H,3,12-14H2,1-2H3,(H2,25,28). The van der Waals surface area contributed by atoms with Crippen LogP contribution in [0.5, 0.6) is 0 Å². The van der Waals surface area contributed by atoms with Gasteiger partial charge in [-0.1, -0.05) is 18.2 Å². The summed E-state index contributed by atoms with van der Waals surface area (Å²) in [5, 5.41) is 0.870. The van der Waals surface area contributed by atoms with Crippen molar-refractivity contribution < 1.29 is 18.7 Å². The lowest BCUT2D eigenvalue weighted by Crippen LogP contribution is -2.29. The number of amides is 1. The number of aryl methyl sites for hydroxylation is 1. The lowest BCUT2D eigenvalue weighted by atomic mass is 10.0. The minimum Gasteiger partial charge on any atom is -0.462 e. The van der Waals surface area contributed by atoms with E-state index in [0.29, 0.717) is 23.5 Å². The summed E-state index contributed by atoms with van der Waals surface area (Å²) in [5.74, 6) is -1.26. The number of carbonyl (C=O) groups excluding carboxylic acids is 2. The normalized spacial score (nSPS) is 10.8. The fourth-order valence-electron chi connectivity index (χ4n) is 3.41. The van der Waals surface area contributed by atoms with Crippen molar-refractivity contribution in [2.75, 3.05) is 18.1 Å². The minimum absolute atomic E-state index is 0.110. The number of pyridine rings is 1. The Hall–Kier alpha value is -3.48. The summed E-state index contributed by atoms with van der Waals surface area (Å²) >= 11 is 0. The average Bonchev–Trinajstić information content (AvgIpc) is 2.72. The van der Waals surface area contributed by atoms with Gasteiger partial charge in [0.05, 0.1) is 29.9 Å². The summed E-state index contributed by atoms with van der Waals surface area (Å²) < 4.78 is 18.7. The maximum Gasteiger partial charge on any atom is 0.340 e. The maximum atomic E-state index is 13.4. The molecule has 0 aliphatic rings. The van der Waals surface area contributed by atoms with Crippen molar-refractivity contribution in [3.05, 3.63) is 71.2 Å². The molecule has 0 fully saturated rings. The van der Waals surface area contributed by atoms with Crippen molar-refractivity contribution in [3.8, 4) is 0 Å². The zero-order valence-electron chi connectivity index (χ0n) is 17.0. The van der Waals surface area contributed by atoms with Crippen LogP contribution in [0.25, 0.3) is 10.9 Å². The van der Waals surface area contributed by atoms with Gasteiger partial charge in [-0.15, -0.1) is 0 Å². The summed E-state index contributed by atoms with van der Waals surface area (Å²) in [5.41, 5.74) is 8.50. The number of ether oxygens (including phenoxy) is 1. The highest BCUT2D eigenvalue weighted by Crippen LogP contribution is 2.26. The molecule has 3 aromatic rings. The molecule has 0 atom stereocenters. The molecule has 1 aromatic heterocycles. The van der Waals surface area contributed by atoms with Gasteiger partial charge in [0, 0.05) is 24.0 Å². The van der Waals surface area contributed by atoms with E-state index in [1.54, 1.807) is 19.1 Å². The zero-order valence-corrected chi connectivity index (χ0v) is 17.0. The third-order valence-corrected chi connectivity index (χ3v) is 4.87. The van der Waals surface area contributed by atoms with Crippen molar-refractivity contribution >= 4 is 28.5 Å². The largest absolute Gasteiger partial charge is 0.462 e. The molecule has 0 unspecified atom stereocenters. The number of benzene rings is 2. The second kappa shape index (κ2) is 9.35. The molecular weight excluding hydrogens is 385 g/mol. The van der Waals surface area contributed by atoms with E-state index in [2.05, 4.69) is 0 Å². The van der Waals surface area contributed by atoms with Gasteiger partial charge in [-0.05, 0) is 49.7 Å². The number of halogens is 1. The van der Waals surface area contributed by atoms with Crippen molar-refractivity contribution in [2.24, 2.45) is 5.73 Å². The monoisotopic (exact) mass is 409 g/mol. The third kappa shape index (κ3) is 4.74. The average molecular weight is 409 g/mol. The van der Waals surface area contributed by atoms with Gasteiger partial charge >= 0.3 is 5.97 Å². The van der Waals surface area contributed by atoms with Gasteiger partial charge in [-0.25, -0.2) is 9.18 Å². The quantitative estimate of drug-likeness (QED) is 0.573. The first-order chi connectivity index (χ1) is 14.4. The van der Waals surface area contributed by atoms with Gasteiger partial charge in [0.25, 0.3) is 0 Å². The number of primary amides is 1. The molecule has 6 nitrogen and oxygen atoms in total. The highest BCUT2D eigenvalue weighted by Gasteiger charge is 2.22. The van der Waals surface area contributed by atoms with Gasteiger partial charge in [0.15, 0.2) is 0 Å². The predicted octanol–water partition coefficient (Wildman–Crippen LogP) is 3.74. The zero-order chi connectivity index (χ0) is 21.7. The molecular formula is C23H24FN3O3. The molecule has 2 N–H and O–H groups in total. The molecule has 1 heterocycles. The minimum atomic E-state index is -0.449. The molecule has 0 saturated heterocycles. The highest BCUT2D eigenvalue weighted by atomic mass is 19.1. The molecule has 0 radical (unpaired) electrons. The third-order valence-electron chi connectivity index (χ3n) is 4.87. The smallest absolute Gasteiger partial charge is 0.340 e.